The zero-order valence-electron chi connectivity index (χ0n) is 11.3. The molecule has 5 nitrogen and oxygen atoms in total. The van der Waals surface area contributed by atoms with Crippen LogP contribution >= 0.6 is 0 Å². The highest BCUT2D eigenvalue weighted by Gasteiger charge is 2.30. The molecular formula is C14H19FN2O3. The van der Waals surface area contributed by atoms with Gasteiger partial charge in [-0.1, -0.05) is 12.1 Å². The lowest BCUT2D eigenvalue weighted by molar-refractivity contribution is -0.122. The van der Waals surface area contributed by atoms with Crippen molar-refractivity contribution in [2.24, 2.45) is 0 Å². The number of nitrogens with one attached hydrogen (secondary N) is 1. The van der Waals surface area contributed by atoms with Gasteiger partial charge in [-0.05, 0) is 24.1 Å². The lowest BCUT2D eigenvalue weighted by atomic mass is 10.1. The van der Waals surface area contributed by atoms with Gasteiger partial charge in [-0.25, -0.2) is 4.39 Å². The zero-order chi connectivity index (χ0) is 14.7. The molecule has 0 aliphatic carbocycles. The van der Waals surface area contributed by atoms with Crippen LogP contribution < -0.4 is 5.32 Å². The Morgan fingerprint density at radius 2 is 2.05 bits per heavy atom. The number of aliphatic hydroxyl groups is 2. The Balaban J connectivity index is 1.79. The van der Waals surface area contributed by atoms with Crippen molar-refractivity contribution in [3.63, 3.8) is 0 Å². The highest BCUT2D eigenvalue weighted by atomic mass is 19.1. The Kier molecular flexibility index (Phi) is 4.69. The number of nitrogens with zero attached hydrogens (tertiary/aromatic N) is 1. The van der Waals surface area contributed by atoms with Crippen LogP contribution in [0.1, 0.15) is 11.1 Å². The minimum atomic E-state index is -0.797. The first-order chi connectivity index (χ1) is 9.45. The van der Waals surface area contributed by atoms with Gasteiger partial charge in [0.15, 0.2) is 0 Å². The molecule has 1 aliphatic heterocycles. The van der Waals surface area contributed by atoms with Crippen LogP contribution in [0.5, 0.6) is 0 Å². The highest BCUT2D eigenvalue weighted by Crippen LogP contribution is 2.10. The molecule has 3 N–H and O–H groups in total. The van der Waals surface area contributed by atoms with E-state index in [0.717, 1.165) is 0 Å². The van der Waals surface area contributed by atoms with Crippen molar-refractivity contribution in [2.75, 3.05) is 19.6 Å². The molecule has 2 atom stereocenters. The van der Waals surface area contributed by atoms with Gasteiger partial charge in [0.2, 0.25) is 5.91 Å². The van der Waals surface area contributed by atoms with Gasteiger partial charge in [-0.15, -0.1) is 0 Å². The van der Waals surface area contributed by atoms with Crippen LogP contribution in [0.3, 0.4) is 0 Å². The number of hydrogen-bond donors (Lipinski definition) is 3. The largest absolute Gasteiger partial charge is 0.389 e. The Labute approximate surface area is 117 Å². The maximum absolute atomic E-state index is 13.3. The molecule has 0 aromatic heterocycles. The molecule has 2 rings (SSSR count). The number of likely N-dealkylation sites (tertiary alicyclic amines) is 1. The third-order valence-electron chi connectivity index (χ3n) is 3.43. The minimum Gasteiger partial charge on any atom is -0.389 e. The molecule has 1 saturated heterocycles. The van der Waals surface area contributed by atoms with Gasteiger partial charge in [0.1, 0.15) is 5.82 Å². The number of benzene rings is 1. The van der Waals surface area contributed by atoms with E-state index in [-0.39, 0.29) is 37.9 Å². The number of carbonyl (C=O) groups is 1. The summed E-state index contributed by atoms with van der Waals surface area (Å²) in [7, 11) is 0. The molecule has 1 amide bonds. The van der Waals surface area contributed by atoms with E-state index in [1.807, 2.05) is 0 Å². The Morgan fingerprint density at radius 3 is 2.65 bits per heavy atom. The van der Waals surface area contributed by atoms with E-state index in [1.54, 1.807) is 24.0 Å². The number of halogens is 1. The molecule has 1 aromatic rings. The van der Waals surface area contributed by atoms with Gasteiger partial charge >= 0.3 is 0 Å². The summed E-state index contributed by atoms with van der Waals surface area (Å²) in [4.78, 5) is 13.4. The molecule has 110 valence electrons. The molecule has 1 heterocycles. The summed E-state index contributed by atoms with van der Waals surface area (Å²) in [5.74, 6) is -0.505. The SMILES string of the molecule is Cc1ccc(CNC(=O)CN2CC(O)C(O)C2)cc1F. The molecule has 0 spiro atoms. The topological polar surface area (TPSA) is 72.8 Å². The summed E-state index contributed by atoms with van der Waals surface area (Å²) < 4.78 is 13.3. The van der Waals surface area contributed by atoms with E-state index < -0.39 is 12.2 Å². The molecule has 1 aliphatic rings. The van der Waals surface area contributed by atoms with E-state index in [4.69, 9.17) is 0 Å². The smallest absolute Gasteiger partial charge is 0.234 e. The summed E-state index contributed by atoms with van der Waals surface area (Å²) in [6, 6.07) is 4.84. The molecule has 0 bridgehead atoms. The van der Waals surface area contributed by atoms with E-state index in [9.17, 15) is 19.4 Å². The van der Waals surface area contributed by atoms with Crippen molar-refractivity contribution in [1.82, 2.24) is 10.2 Å². The fraction of sp³-hybridized carbons (Fsp3) is 0.500. The van der Waals surface area contributed by atoms with Crippen molar-refractivity contribution < 1.29 is 19.4 Å². The number of amides is 1. The monoisotopic (exact) mass is 282 g/mol. The highest BCUT2D eigenvalue weighted by molar-refractivity contribution is 5.78. The van der Waals surface area contributed by atoms with Crippen LogP contribution in [0.15, 0.2) is 18.2 Å². The Hall–Kier alpha value is -1.50. The Morgan fingerprint density at radius 1 is 1.40 bits per heavy atom. The van der Waals surface area contributed by atoms with E-state index in [0.29, 0.717) is 11.1 Å². The third-order valence-corrected chi connectivity index (χ3v) is 3.43. The number of aryl methyl sites for hydroxylation is 1. The normalized spacial score (nSPS) is 23.0. The average molecular weight is 282 g/mol. The molecule has 0 radical (unpaired) electrons. The molecular weight excluding hydrogens is 263 g/mol. The number of rotatable bonds is 4. The summed E-state index contributed by atoms with van der Waals surface area (Å²) in [6.45, 7) is 2.63. The maximum Gasteiger partial charge on any atom is 0.234 e. The number of hydrogen-bond acceptors (Lipinski definition) is 4. The van der Waals surface area contributed by atoms with Gasteiger partial charge in [-0.3, -0.25) is 9.69 Å². The van der Waals surface area contributed by atoms with Crippen molar-refractivity contribution in [1.29, 1.82) is 0 Å². The number of carbonyl (C=O) groups excluding carboxylic acids is 1. The minimum absolute atomic E-state index is 0.114. The Bertz CT molecular complexity index is 485. The van der Waals surface area contributed by atoms with E-state index >= 15 is 0 Å². The fourth-order valence-electron chi connectivity index (χ4n) is 2.18. The van der Waals surface area contributed by atoms with Crippen molar-refractivity contribution in [2.45, 2.75) is 25.7 Å². The van der Waals surface area contributed by atoms with Crippen LogP contribution in [0.2, 0.25) is 0 Å². The molecule has 2 unspecified atom stereocenters. The molecule has 6 heteroatoms. The lowest BCUT2D eigenvalue weighted by Gasteiger charge is -2.14. The molecule has 20 heavy (non-hydrogen) atoms. The number of aliphatic hydroxyl groups excluding tert-OH is 2. The van der Waals surface area contributed by atoms with Gasteiger partial charge in [0, 0.05) is 19.6 Å². The predicted molar refractivity (Wildman–Crippen MR) is 71.4 cm³/mol. The molecule has 1 fully saturated rings. The third kappa shape index (κ3) is 3.75. The summed E-state index contributed by atoms with van der Waals surface area (Å²) in [5.41, 5.74) is 1.27. The van der Waals surface area contributed by atoms with Crippen molar-refractivity contribution in [3.8, 4) is 0 Å². The van der Waals surface area contributed by atoms with Crippen molar-refractivity contribution >= 4 is 5.91 Å². The molecule has 0 saturated carbocycles. The van der Waals surface area contributed by atoms with Crippen LogP contribution in [-0.4, -0.2) is 52.9 Å². The van der Waals surface area contributed by atoms with E-state index in [1.165, 1.54) is 6.07 Å². The van der Waals surface area contributed by atoms with Gasteiger partial charge < -0.3 is 15.5 Å². The lowest BCUT2D eigenvalue weighted by Crippen LogP contribution is -2.36. The van der Waals surface area contributed by atoms with Crippen LogP contribution in [0.25, 0.3) is 0 Å². The summed E-state index contributed by atoms with van der Waals surface area (Å²) in [5, 5.41) is 21.5. The van der Waals surface area contributed by atoms with Crippen LogP contribution in [0.4, 0.5) is 4.39 Å². The van der Waals surface area contributed by atoms with Crippen LogP contribution in [0, 0.1) is 12.7 Å². The predicted octanol–water partition coefficient (Wildman–Crippen LogP) is -0.212. The standard InChI is InChI=1S/C14H19FN2O3/c1-9-2-3-10(4-11(9)15)5-16-14(20)8-17-6-12(18)13(19)7-17/h2-4,12-13,18-19H,5-8H2,1H3,(H,16,20). The first kappa shape index (κ1) is 14.9. The fourth-order valence-corrected chi connectivity index (χ4v) is 2.18. The summed E-state index contributed by atoms with van der Waals surface area (Å²) in [6.07, 6.45) is -1.59. The zero-order valence-corrected chi connectivity index (χ0v) is 11.3. The van der Waals surface area contributed by atoms with Gasteiger partial charge in [-0.2, -0.15) is 0 Å². The quantitative estimate of drug-likeness (QED) is 0.714. The van der Waals surface area contributed by atoms with Gasteiger partial charge in [0.25, 0.3) is 0 Å². The summed E-state index contributed by atoms with van der Waals surface area (Å²) >= 11 is 0. The van der Waals surface area contributed by atoms with Gasteiger partial charge in [0.05, 0.1) is 18.8 Å². The number of β-amino-alcohol motifs (C(OH)–C–C–N with tert-alkyl or cyclic N) is 2. The van der Waals surface area contributed by atoms with Crippen LogP contribution in [-0.2, 0) is 11.3 Å². The second-order valence-corrected chi connectivity index (χ2v) is 5.19. The maximum atomic E-state index is 13.3. The van der Waals surface area contributed by atoms with E-state index in [2.05, 4.69) is 5.32 Å². The van der Waals surface area contributed by atoms with Crippen molar-refractivity contribution in [3.05, 3.63) is 35.1 Å². The molecule has 1 aromatic carbocycles. The average Bonchev–Trinajstić information content (AvgIpc) is 2.70. The first-order valence-electron chi connectivity index (χ1n) is 6.56. The second-order valence-electron chi connectivity index (χ2n) is 5.19. The second kappa shape index (κ2) is 6.30. The first-order valence-corrected chi connectivity index (χ1v) is 6.56.